The Kier molecular flexibility index (Phi) is 5.46. The summed E-state index contributed by atoms with van der Waals surface area (Å²) in [6, 6.07) is 8.29. The summed E-state index contributed by atoms with van der Waals surface area (Å²) >= 11 is 1.50. The van der Waals surface area contributed by atoms with Gasteiger partial charge in [0, 0.05) is 25.8 Å². The lowest BCUT2D eigenvalue weighted by atomic mass is 10.1. The number of amides is 1. The van der Waals surface area contributed by atoms with Gasteiger partial charge in [0.1, 0.15) is 5.82 Å². The second kappa shape index (κ2) is 7.61. The van der Waals surface area contributed by atoms with Gasteiger partial charge in [-0.3, -0.25) is 19.4 Å². The topological polar surface area (TPSA) is 70.1 Å². The van der Waals surface area contributed by atoms with E-state index in [1.54, 1.807) is 0 Å². The number of aromatic amines is 1. The van der Waals surface area contributed by atoms with Crippen molar-refractivity contribution in [2.75, 3.05) is 30.1 Å². The summed E-state index contributed by atoms with van der Waals surface area (Å²) in [6.07, 6.45) is 1.94. The van der Waals surface area contributed by atoms with Crippen molar-refractivity contribution in [1.29, 1.82) is 0 Å². The van der Waals surface area contributed by atoms with Crippen molar-refractivity contribution < 1.29 is 4.79 Å². The highest BCUT2D eigenvalue weighted by atomic mass is 32.2. The van der Waals surface area contributed by atoms with Crippen molar-refractivity contribution in [1.82, 2.24) is 9.78 Å². The Hall–Kier alpha value is -2.15. The molecule has 0 radical (unpaired) electrons. The lowest BCUT2D eigenvalue weighted by Gasteiger charge is -2.18. The fourth-order valence-electron chi connectivity index (χ4n) is 3.33. The van der Waals surface area contributed by atoms with E-state index in [1.165, 1.54) is 11.8 Å². The minimum atomic E-state index is -0.168. The number of H-pyrrole nitrogens is 1. The largest absolute Gasteiger partial charge is 0.378 e. The number of anilines is 2. The van der Waals surface area contributed by atoms with Crippen LogP contribution in [-0.4, -0.2) is 35.5 Å². The molecule has 26 heavy (non-hydrogen) atoms. The fourth-order valence-corrected chi connectivity index (χ4v) is 4.46. The molecule has 0 aliphatic carbocycles. The molecule has 0 fully saturated rings. The first kappa shape index (κ1) is 18.6. The molecule has 2 atom stereocenters. The molecule has 1 aromatic heterocycles. The first-order chi connectivity index (χ1) is 12.4. The van der Waals surface area contributed by atoms with Crippen LogP contribution >= 0.6 is 11.8 Å². The second-order valence-electron chi connectivity index (χ2n) is 6.94. The van der Waals surface area contributed by atoms with Gasteiger partial charge in [-0.1, -0.05) is 25.5 Å². The molecule has 2 unspecified atom stereocenters. The zero-order valence-corrected chi connectivity index (χ0v) is 16.5. The van der Waals surface area contributed by atoms with Crippen LogP contribution in [-0.2, 0) is 4.79 Å². The summed E-state index contributed by atoms with van der Waals surface area (Å²) in [4.78, 5) is 27.0. The van der Waals surface area contributed by atoms with Crippen molar-refractivity contribution in [2.24, 2.45) is 0 Å². The predicted molar refractivity (Wildman–Crippen MR) is 108 cm³/mol. The number of rotatable bonds is 5. The van der Waals surface area contributed by atoms with E-state index in [9.17, 15) is 9.59 Å². The van der Waals surface area contributed by atoms with Crippen LogP contribution in [0.3, 0.4) is 0 Å². The Morgan fingerprint density at radius 1 is 1.27 bits per heavy atom. The van der Waals surface area contributed by atoms with E-state index in [0.29, 0.717) is 17.1 Å². The van der Waals surface area contributed by atoms with Crippen molar-refractivity contribution >= 4 is 29.2 Å². The first-order valence-electron chi connectivity index (χ1n) is 8.95. The number of nitrogens with one attached hydrogen (secondary N) is 2. The van der Waals surface area contributed by atoms with E-state index >= 15 is 0 Å². The standard InChI is InChI=1S/C19H26N4O2S/c1-5-6-12(2)23-18-16(19(25)21-23)17(26-11-15(24)20-18)13-7-9-14(10-8-13)22(3)4/h7-10,12,17H,5-6,11H2,1-4H3,(H,20,24)(H,21,25). The summed E-state index contributed by atoms with van der Waals surface area (Å²) in [5, 5.41) is 5.72. The number of hydrogen-bond donors (Lipinski definition) is 2. The van der Waals surface area contributed by atoms with Crippen molar-refractivity contribution in [3.05, 3.63) is 45.7 Å². The van der Waals surface area contributed by atoms with E-state index in [4.69, 9.17) is 0 Å². The van der Waals surface area contributed by atoms with Crippen LogP contribution in [0.5, 0.6) is 0 Å². The van der Waals surface area contributed by atoms with Crippen LogP contribution in [0.1, 0.15) is 49.1 Å². The predicted octanol–water partition coefficient (Wildman–Crippen LogP) is 3.38. The molecule has 0 spiro atoms. The zero-order chi connectivity index (χ0) is 18.8. The summed E-state index contributed by atoms with van der Waals surface area (Å²) in [5.41, 5.74) is 2.65. The van der Waals surface area contributed by atoms with E-state index in [0.717, 1.165) is 24.1 Å². The van der Waals surface area contributed by atoms with Gasteiger partial charge in [-0.2, -0.15) is 0 Å². The molecule has 0 saturated heterocycles. The number of aromatic nitrogens is 2. The maximum Gasteiger partial charge on any atom is 0.270 e. The Balaban J connectivity index is 2.07. The molecule has 0 bridgehead atoms. The molecule has 2 aromatic rings. The van der Waals surface area contributed by atoms with Gasteiger partial charge in [0.2, 0.25) is 5.91 Å². The molecule has 140 valence electrons. The smallest absolute Gasteiger partial charge is 0.270 e. The molecule has 1 aliphatic rings. The number of hydrogen-bond acceptors (Lipinski definition) is 4. The highest BCUT2D eigenvalue weighted by Crippen LogP contribution is 2.40. The molecular weight excluding hydrogens is 348 g/mol. The minimum Gasteiger partial charge on any atom is -0.378 e. The quantitative estimate of drug-likeness (QED) is 0.842. The van der Waals surface area contributed by atoms with Crippen LogP contribution in [0.2, 0.25) is 0 Å². The Morgan fingerprint density at radius 2 is 1.96 bits per heavy atom. The Morgan fingerprint density at radius 3 is 2.58 bits per heavy atom. The number of carbonyl (C=O) groups is 1. The molecule has 1 aromatic carbocycles. The second-order valence-corrected chi connectivity index (χ2v) is 8.03. The molecule has 2 heterocycles. The van der Waals surface area contributed by atoms with Crippen LogP contribution in [0.25, 0.3) is 0 Å². The monoisotopic (exact) mass is 374 g/mol. The van der Waals surface area contributed by atoms with E-state index in [2.05, 4.69) is 24.3 Å². The number of carbonyl (C=O) groups excluding carboxylic acids is 1. The SMILES string of the molecule is CCCC(C)n1[nH]c(=O)c2c1NC(=O)CSC2c1ccc(N(C)C)cc1. The molecule has 7 heteroatoms. The van der Waals surface area contributed by atoms with Crippen LogP contribution in [0.4, 0.5) is 11.5 Å². The molecule has 3 rings (SSSR count). The number of benzene rings is 1. The van der Waals surface area contributed by atoms with Gasteiger partial charge in [-0.05, 0) is 31.0 Å². The van der Waals surface area contributed by atoms with Gasteiger partial charge in [-0.15, -0.1) is 11.8 Å². The Labute approximate surface area is 157 Å². The summed E-state index contributed by atoms with van der Waals surface area (Å²) < 4.78 is 1.83. The van der Waals surface area contributed by atoms with Crippen LogP contribution in [0.15, 0.2) is 29.1 Å². The van der Waals surface area contributed by atoms with Crippen LogP contribution in [0, 0.1) is 0 Å². The normalized spacial score (nSPS) is 18.0. The lowest BCUT2D eigenvalue weighted by Crippen LogP contribution is -2.18. The number of nitrogens with zero attached hydrogens (tertiary/aromatic N) is 2. The lowest BCUT2D eigenvalue weighted by molar-refractivity contribution is -0.113. The van der Waals surface area contributed by atoms with Crippen molar-refractivity contribution in [3.8, 4) is 0 Å². The molecule has 2 N–H and O–H groups in total. The van der Waals surface area contributed by atoms with E-state index in [1.807, 2.05) is 47.9 Å². The van der Waals surface area contributed by atoms with Gasteiger partial charge in [0.05, 0.1) is 16.6 Å². The van der Waals surface area contributed by atoms with Crippen molar-refractivity contribution in [3.63, 3.8) is 0 Å². The molecule has 1 amide bonds. The summed E-state index contributed by atoms with van der Waals surface area (Å²) in [5.74, 6) is 0.879. The maximum absolute atomic E-state index is 12.8. The average Bonchev–Trinajstić information content (AvgIpc) is 2.82. The molecule has 0 saturated carbocycles. The first-order valence-corrected chi connectivity index (χ1v) is 10.00. The van der Waals surface area contributed by atoms with Gasteiger partial charge < -0.3 is 10.2 Å². The molecule has 1 aliphatic heterocycles. The van der Waals surface area contributed by atoms with Crippen molar-refractivity contribution in [2.45, 2.75) is 38.0 Å². The third-order valence-corrected chi connectivity index (χ3v) is 5.99. The highest BCUT2D eigenvalue weighted by Gasteiger charge is 2.31. The zero-order valence-electron chi connectivity index (χ0n) is 15.7. The molecule has 6 nitrogen and oxygen atoms in total. The molecular formula is C19H26N4O2S. The number of fused-ring (bicyclic) bond motifs is 1. The van der Waals surface area contributed by atoms with Crippen LogP contribution < -0.4 is 15.8 Å². The summed E-state index contributed by atoms with van der Waals surface area (Å²) in [6.45, 7) is 4.17. The third-order valence-electron chi connectivity index (χ3n) is 4.72. The minimum absolute atomic E-state index is 0.0693. The average molecular weight is 375 g/mol. The maximum atomic E-state index is 12.8. The van der Waals surface area contributed by atoms with Gasteiger partial charge in [0.25, 0.3) is 5.56 Å². The van der Waals surface area contributed by atoms with Gasteiger partial charge in [-0.25, -0.2) is 0 Å². The Bertz CT molecular complexity index is 838. The number of thioether (sulfide) groups is 1. The third kappa shape index (κ3) is 3.53. The van der Waals surface area contributed by atoms with Gasteiger partial charge >= 0.3 is 0 Å². The summed E-state index contributed by atoms with van der Waals surface area (Å²) in [7, 11) is 3.99. The van der Waals surface area contributed by atoms with E-state index in [-0.39, 0.29) is 22.8 Å². The van der Waals surface area contributed by atoms with E-state index < -0.39 is 0 Å². The fraction of sp³-hybridized carbons (Fsp3) is 0.474. The van der Waals surface area contributed by atoms with Gasteiger partial charge in [0.15, 0.2) is 0 Å². The highest BCUT2D eigenvalue weighted by molar-refractivity contribution is 8.00.